The minimum absolute atomic E-state index is 0.897. The fraction of sp³-hybridized carbons (Fsp3) is 0.300. The van der Waals surface area contributed by atoms with Crippen molar-refractivity contribution in [2.45, 2.75) is 20.4 Å². The molecule has 0 fully saturated rings. The molecule has 0 unspecified atom stereocenters. The monoisotopic (exact) mass is 238 g/mol. The molecule has 0 aliphatic heterocycles. The second-order valence-corrected chi connectivity index (χ2v) is 3.88. The van der Waals surface area contributed by atoms with Gasteiger partial charge >= 0.3 is 0 Å². The van der Waals surface area contributed by atoms with Crippen LogP contribution in [-0.4, -0.2) is 9.78 Å². The van der Waals surface area contributed by atoms with Crippen molar-refractivity contribution >= 4 is 26.8 Å². The van der Waals surface area contributed by atoms with Gasteiger partial charge in [0.15, 0.2) is 0 Å². The van der Waals surface area contributed by atoms with Crippen LogP contribution in [0.15, 0.2) is 22.8 Å². The summed E-state index contributed by atoms with van der Waals surface area (Å²) in [5.74, 6) is 0. The van der Waals surface area contributed by atoms with E-state index in [4.69, 9.17) is 0 Å². The van der Waals surface area contributed by atoms with E-state index in [0.717, 1.165) is 16.7 Å². The summed E-state index contributed by atoms with van der Waals surface area (Å²) in [5.41, 5.74) is 2.32. The topological polar surface area (TPSA) is 17.8 Å². The Bertz CT molecular complexity index is 445. The van der Waals surface area contributed by atoms with Gasteiger partial charge in [0.25, 0.3) is 0 Å². The van der Waals surface area contributed by atoms with Gasteiger partial charge in [-0.3, -0.25) is 4.68 Å². The van der Waals surface area contributed by atoms with Crippen molar-refractivity contribution in [2.24, 2.45) is 0 Å². The number of rotatable bonds is 1. The zero-order valence-electron chi connectivity index (χ0n) is 7.71. The number of aromatic nitrogens is 2. The summed E-state index contributed by atoms with van der Waals surface area (Å²) in [4.78, 5) is 0. The molecule has 1 heterocycles. The van der Waals surface area contributed by atoms with Crippen LogP contribution in [0.5, 0.6) is 0 Å². The molecule has 0 aliphatic rings. The van der Waals surface area contributed by atoms with Crippen molar-refractivity contribution < 1.29 is 0 Å². The predicted molar refractivity (Wildman–Crippen MR) is 57.8 cm³/mol. The molecule has 0 spiro atoms. The number of halogens is 1. The molecule has 0 bridgehead atoms. The van der Waals surface area contributed by atoms with E-state index < -0.39 is 0 Å². The van der Waals surface area contributed by atoms with Crippen LogP contribution in [0, 0.1) is 6.92 Å². The van der Waals surface area contributed by atoms with Crippen molar-refractivity contribution in [2.75, 3.05) is 0 Å². The Morgan fingerprint density at radius 1 is 1.46 bits per heavy atom. The van der Waals surface area contributed by atoms with Gasteiger partial charge in [0.1, 0.15) is 4.60 Å². The van der Waals surface area contributed by atoms with E-state index in [1.54, 1.807) is 0 Å². The highest BCUT2D eigenvalue weighted by molar-refractivity contribution is 9.10. The smallest absolute Gasteiger partial charge is 0.111 e. The fourth-order valence-corrected chi connectivity index (χ4v) is 2.07. The van der Waals surface area contributed by atoms with Gasteiger partial charge in [-0.2, -0.15) is 5.10 Å². The molecule has 68 valence electrons. The third-order valence-electron chi connectivity index (χ3n) is 2.13. The maximum atomic E-state index is 4.44. The molecule has 0 N–H and O–H groups in total. The molecule has 0 aliphatic carbocycles. The SMILES string of the molecule is CCn1nc2ccc(C)cc2c1Br. The molecule has 0 saturated carbocycles. The van der Waals surface area contributed by atoms with E-state index >= 15 is 0 Å². The average Bonchev–Trinajstić information content (AvgIpc) is 2.44. The van der Waals surface area contributed by atoms with Gasteiger partial charge < -0.3 is 0 Å². The summed E-state index contributed by atoms with van der Waals surface area (Å²) in [5, 5.41) is 5.64. The van der Waals surface area contributed by atoms with Crippen LogP contribution in [0.3, 0.4) is 0 Å². The zero-order chi connectivity index (χ0) is 9.42. The molecule has 2 nitrogen and oxygen atoms in total. The van der Waals surface area contributed by atoms with Gasteiger partial charge in [0.2, 0.25) is 0 Å². The first-order valence-electron chi connectivity index (χ1n) is 4.35. The first kappa shape index (κ1) is 8.75. The molecule has 3 heteroatoms. The number of hydrogen-bond donors (Lipinski definition) is 0. The summed E-state index contributed by atoms with van der Waals surface area (Å²) in [7, 11) is 0. The van der Waals surface area contributed by atoms with E-state index in [1.165, 1.54) is 10.9 Å². The molecular weight excluding hydrogens is 228 g/mol. The van der Waals surface area contributed by atoms with Gasteiger partial charge in [-0.05, 0) is 41.9 Å². The molecule has 0 amide bonds. The van der Waals surface area contributed by atoms with Crippen LogP contribution in [0.4, 0.5) is 0 Å². The maximum Gasteiger partial charge on any atom is 0.111 e. The van der Waals surface area contributed by atoms with Gasteiger partial charge in [0, 0.05) is 11.9 Å². The Labute approximate surface area is 85.7 Å². The highest BCUT2D eigenvalue weighted by Gasteiger charge is 2.06. The number of hydrogen-bond acceptors (Lipinski definition) is 1. The second-order valence-electron chi connectivity index (χ2n) is 3.13. The number of aryl methyl sites for hydroxylation is 2. The lowest BCUT2D eigenvalue weighted by atomic mass is 10.2. The Balaban J connectivity index is 2.77. The normalized spacial score (nSPS) is 11.0. The quantitative estimate of drug-likeness (QED) is 0.747. The zero-order valence-corrected chi connectivity index (χ0v) is 9.30. The summed E-state index contributed by atoms with van der Waals surface area (Å²) >= 11 is 3.55. The lowest BCUT2D eigenvalue weighted by Gasteiger charge is -1.95. The van der Waals surface area contributed by atoms with E-state index in [-0.39, 0.29) is 0 Å². The Hall–Kier alpha value is -0.830. The second kappa shape index (κ2) is 3.14. The molecule has 0 saturated heterocycles. The average molecular weight is 239 g/mol. The van der Waals surface area contributed by atoms with Crippen LogP contribution < -0.4 is 0 Å². The van der Waals surface area contributed by atoms with Crippen LogP contribution >= 0.6 is 15.9 Å². The first-order chi connectivity index (χ1) is 6.22. The van der Waals surface area contributed by atoms with Gasteiger partial charge in [-0.25, -0.2) is 0 Å². The summed E-state index contributed by atoms with van der Waals surface area (Å²) in [6, 6.07) is 6.29. The number of fused-ring (bicyclic) bond motifs is 1. The summed E-state index contributed by atoms with van der Waals surface area (Å²) < 4.78 is 3.04. The third kappa shape index (κ3) is 1.37. The lowest BCUT2D eigenvalue weighted by molar-refractivity contribution is 0.653. The van der Waals surface area contributed by atoms with Crippen molar-refractivity contribution in [1.29, 1.82) is 0 Å². The van der Waals surface area contributed by atoms with Gasteiger partial charge in [-0.15, -0.1) is 0 Å². The van der Waals surface area contributed by atoms with Crippen molar-refractivity contribution in [3.63, 3.8) is 0 Å². The first-order valence-corrected chi connectivity index (χ1v) is 5.14. The van der Waals surface area contributed by atoms with E-state index in [0.29, 0.717) is 0 Å². The Morgan fingerprint density at radius 3 is 2.92 bits per heavy atom. The van der Waals surface area contributed by atoms with E-state index in [1.807, 2.05) is 4.68 Å². The third-order valence-corrected chi connectivity index (χ3v) is 2.97. The van der Waals surface area contributed by atoms with Crippen LogP contribution in [0.2, 0.25) is 0 Å². The largest absolute Gasteiger partial charge is 0.258 e. The molecule has 1 aromatic carbocycles. The predicted octanol–water partition coefficient (Wildman–Crippen LogP) is 3.13. The summed E-state index contributed by atoms with van der Waals surface area (Å²) in [6.45, 7) is 5.08. The molecular formula is C10H11BrN2. The Morgan fingerprint density at radius 2 is 2.23 bits per heavy atom. The number of nitrogens with zero attached hydrogens (tertiary/aromatic N) is 2. The molecule has 0 atom stereocenters. The van der Waals surface area contributed by atoms with Gasteiger partial charge in [0.05, 0.1) is 5.52 Å². The van der Waals surface area contributed by atoms with Crippen LogP contribution in [0.25, 0.3) is 10.9 Å². The minimum Gasteiger partial charge on any atom is -0.258 e. The highest BCUT2D eigenvalue weighted by Crippen LogP contribution is 2.24. The van der Waals surface area contributed by atoms with Crippen LogP contribution in [-0.2, 0) is 6.54 Å². The highest BCUT2D eigenvalue weighted by atomic mass is 79.9. The van der Waals surface area contributed by atoms with Crippen molar-refractivity contribution in [3.8, 4) is 0 Å². The molecule has 2 rings (SSSR count). The standard InChI is InChI=1S/C10H11BrN2/c1-3-13-10(11)8-6-7(2)4-5-9(8)12-13/h4-6H,3H2,1-2H3. The van der Waals surface area contributed by atoms with Crippen LogP contribution in [0.1, 0.15) is 12.5 Å². The van der Waals surface area contributed by atoms with Crippen molar-refractivity contribution in [1.82, 2.24) is 9.78 Å². The molecule has 1 aromatic heterocycles. The number of benzene rings is 1. The Kier molecular flexibility index (Phi) is 2.12. The fourth-order valence-electron chi connectivity index (χ4n) is 1.42. The molecule has 0 radical (unpaired) electrons. The summed E-state index contributed by atoms with van der Waals surface area (Å²) in [6.07, 6.45) is 0. The minimum atomic E-state index is 0.897. The van der Waals surface area contributed by atoms with Gasteiger partial charge in [-0.1, -0.05) is 11.6 Å². The molecule has 13 heavy (non-hydrogen) atoms. The van der Waals surface area contributed by atoms with E-state index in [9.17, 15) is 0 Å². The lowest BCUT2D eigenvalue weighted by Crippen LogP contribution is -1.95. The van der Waals surface area contributed by atoms with E-state index in [2.05, 4.69) is 53.1 Å². The maximum absolute atomic E-state index is 4.44. The molecule has 2 aromatic rings. The van der Waals surface area contributed by atoms with Crippen molar-refractivity contribution in [3.05, 3.63) is 28.4 Å².